The van der Waals surface area contributed by atoms with E-state index >= 15 is 0 Å². The van der Waals surface area contributed by atoms with Crippen LogP contribution in [0.15, 0.2) is 36.7 Å². The first-order valence-electron chi connectivity index (χ1n) is 11.3. The highest BCUT2D eigenvalue weighted by Crippen LogP contribution is 2.38. The maximum atomic E-state index is 13.4. The molecule has 0 aliphatic heterocycles. The smallest absolute Gasteiger partial charge is 0.243 e. The number of pyridine rings is 1. The maximum Gasteiger partial charge on any atom is 0.243 e. The van der Waals surface area contributed by atoms with Crippen molar-refractivity contribution in [3.63, 3.8) is 0 Å². The minimum atomic E-state index is -4.16. The molecule has 0 aliphatic rings. The number of aliphatic hydroxyl groups is 1. The number of para-hydroxylation sites is 1. The number of anilines is 1. The van der Waals surface area contributed by atoms with E-state index in [4.69, 9.17) is 9.47 Å². The third kappa shape index (κ3) is 5.15. The third-order valence-electron chi connectivity index (χ3n) is 5.89. The largest absolute Gasteiger partial charge is 0.494 e. The molecule has 0 spiro atoms. The van der Waals surface area contributed by atoms with Crippen LogP contribution in [0, 0.1) is 20.8 Å². The predicted molar refractivity (Wildman–Crippen MR) is 141 cm³/mol. The molecule has 0 amide bonds. The molecule has 4 aromatic rings. The first-order valence-corrected chi connectivity index (χ1v) is 13.7. The monoisotopic (exact) mass is 544 g/mol. The number of aromatic nitrogens is 5. The van der Waals surface area contributed by atoms with Gasteiger partial charge in [0.25, 0.3) is 0 Å². The van der Waals surface area contributed by atoms with Crippen molar-refractivity contribution in [1.29, 1.82) is 0 Å². The molecule has 2 atom stereocenters. The number of methoxy groups -OCH3 is 2. The summed E-state index contributed by atoms with van der Waals surface area (Å²) in [5.41, 5.74) is 2.63. The molecule has 3 heterocycles. The Morgan fingerprint density at radius 2 is 1.76 bits per heavy atom. The highest BCUT2D eigenvalue weighted by molar-refractivity contribution is 7.93. The molecule has 1 aromatic carbocycles. The van der Waals surface area contributed by atoms with Gasteiger partial charge in [-0.15, -0.1) is 21.5 Å². The van der Waals surface area contributed by atoms with Crippen LogP contribution in [0.5, 0.6) is 11.5 Å². The van der Waals surface area contributed by atoms with Crippen molar-refractivity contribution in [1.82, 2.24) is 24.7 Å². The van der Waals surface area contributed by atoms with Crippen LogP contribution in [0.3, 0.4) is 0 Å². The van der Waals surface area contributed by atoms with Gasteiger partial charge >= 0.3 is 0 Å². The summed E-state index contributed by atoms with van der Waals surface area (Å²) in [4.78, 5) is 9.46. The fraction of sp³-hybridized carbons (Fsp3) is 0.333. The molecule has 0 saturated carbocycles. The van der Waals surface area contributed by atoms with Crippen LogP contribution in [-0.2, 0) is 10.0 Å². The van der Waals surface area contributed by atoms with Crippen LogP contribution in [0.4, 0.5) is 5.95 Å². The lowest BCUT2D eigenvalue weighted by atomic mass is 10.2. The van der Waals surface area contributed by atoms with Gasteiger partial charge in [0.05, 0.1) is 19.9 Å². The van der Waals surface area contributed by atoms with Crippen LogP contribution < -0.4 is 14.2 Å². The number of nitrogens with zero attached hydrogens (tertiary/aromatic N) is 5. The summed E-state index contributed by atoms with van der Waals surface area (Å²) in [6, 6.07) is 7.04. The van der Waals surface area contributed by atoms with Gasteiger partial charge in [-0.2, -0.15) is 0 Å². The number of sulfonamides is 1. The van der Waals surface area contributed by atoms with Crippen LogP contribution in [-0.4, -0.2) is 57.7 Å². The van der Waals surface area contributed by atoms with Crippen molar-refractivity contribution < 1.29 is 23.0 Å². The average Bonchev–Trinajstić information content (AvgIpc) is 3.44. The second kappa shape index (κ2) is 10.4. The first-order chi connectivity index (χ1) is 17.6. The second-order valence-electron chi connectivity index (χ2n) is 8.44. The fourth-order valence-corrected chi connectivity index (χ4v) is 5.83. The number of benzene rings is 1. The Morgan fingerprint density at radius 1 is 1.08 bits per heavy atom. The van der Waals surface area contributed by atoms with Crippen LogP contribution in [0.2, 0.25) is 0 Å². The summed E-state index contributed by atoms with van der Waals surface area (Å²) in [5.74, 6) is 1.02. The van der Waals surface area contributed by atoms with E-state index in [1.807, 2.05) is 26.8 Å². The highest BCUT2D eigenvalue weighted by Gasteiger charge is 2.34. The number of aryl methyl sites for hydroxylation is 3. The number of hydrogen-bond acceptors (Lipinski definition) is 10. The van der Waals surface area contributed by atoms with Gasteiger partial charge in [0.2, 0.25) is 16.0 Å². The van der Waals surface area contributed by atoms with Gasteiger partial charge in [0.1, 0.15) is 33.5 Å². The van der Waals surface area contributed by atoms with E-state index in [1.54, 1.807) is 30.6 Å². The highest BCUT2D eigenvalue weighted by atomic mass is 32.2. The summed E-state index contributed by atoms with van der Waals surface area (Å²) in [5, 5.41) is 18.4. The zero-order chi connectivity index (χ0) is 26.9. The summed E-state index contributed by atoms with van der Waals surface area (Å²) in [6.45, 7) is 6.97. The molecule has 0 saturated heterocycles. The summed E-state index contributed by atoms with van der Waals surface area (Å²) < 4.78 is 42.1. The lowest BCUT2D eigenvalue weighted by Gasteiger charge is -2.20. The molecule has 2 unspecified atom stereocenters. The number of nitrogens with one attached hydrogen (secondary N) is 1. The Bertz CT molecular complexity index is 1490. The third-order valence-corrected chi connectivity index (χ3v) is 8.73. The Kier molecular flexibility index (Phi) is 7.48. The van der Waals surface area contributed by atoms with Crippen molar-refractivity contribution in [2.75, 3.05) is 18.9 Å². The molecule has 2 N–H and O–H groups in total. The summed E-state index contributed by atoms with van der Waals surface area (Å²) >= 11 is 1.26. The van der Waals surface area contributed by atoms with Gasteiger partial charge in [-0.3, -0.25) is 14.3 Å². The van der Waals surface area contributed by atoms with Gasteiger partial charge in [-0.25, -0.2) is 13.4 Å². The van der Waals surface area contributed by atoms with Crippen LogP contribution in [0.1, 0.15) is 34.2 Å². The zero-order valence-electron chi connectivity index (χ0n) is 21.3. The molecular weight excluding hydrogens is 516 g/mol. The van der Waals surface area contributed by atoms with E-state index in [2.05, 4.69) is 24.9 Å². The van der Waals surface area contributed by atoms with Crippen molar-refractivity contribution in [2.45, 2.75) is 39.0 Å². The van der Waals surface area contributed by atoms with E-state index in [0.29, 0.717) is 33.6 Å². The normalized spacial score (nSPS) is 13.3. The van der Waals surface area contributed by atoms with E-state index in [1.165, 1.54) is 37.0 Å². The number of hydrogen-bond donors (Lipinski definition) is 2. The minimum Gasteiger partial charge on any atom is -0.494 e. The predicted octanol–water partition coefficient (Wildman–Crippen LogP) is 3.59. The summed E-state index contributed by atoms with van der Waals surface area (Å²) in [7, 11) is -1.17. The molecule has 13 heteroatoms. The topological polar surface area (TPSA) is 141 Å². The molecule has 3 aromatic heterocycles. The lowest BCUT2D eigenvalue weighted by Crippen LogP contribution is -2.31. The molecule has 4 rings (SSSR count). The quantitative estimate of drug-likeness (QED) is 0.323. The van der Waals surface area contributed by atoms with E-state index in [9.17, 15) is 13.5 Å². The van der Waals surface area contributed by atoms with Crippen LogP contribution >= 0.6 is 11.3 Å². The Morgan fingerprint density at radius 3 is 2.32 bits per heavy atom. The Balaban J connectivity index is 1.84. The maximum absolute atomic E-state index is 13.4. The fourth-order valence-electron chi connectivity index (χ4n) is 3.69. The van der Waals surface area contributed by atoms with Crippen molar-refractivity contribution in [3.05, 3.63) is 57.8 Å². The zero-order valence-corrected chi connectivity index (χ0v) is 22.9. The Hall–Kier alpha value is -3.55. The molecule has 0 fully saturated rings. The SMILES string of the molecule is COc1cccc(OC)c1-n1c(NS(=O)(=O)C(C)C(O)c2nc(C)c(C)s2)nnc1-c1cncc(C)c1. The standard InChI is InChI=1S/C24H28N6O5S2/c1-13-10-17(12-25-11-13)22-27-28-24(30(22)20-18(34-5)8-7-9-19(20)35-6)29-37(32,33)16(4)21(31)23-26-14(2)15(3)36-23/h7-12,16,21,31H,1-6H3,(H,28,29). The van der Waals surface area contributed by atoms with Crippen molar-refractivity contribution in [3.8, 4) is 28.6 Å². The summed E-state index contributed by atoms with van der Waals surface area (Å²) in [6.07, 6.45) is 1.96. The van der Waals surface area contributed by atoms with Gasteiger partial charge in [0.15, 0.2) is 5.82 Å². The van der Waals surface area contributed by atoms with Gasteiger partial charge < -0.3 is 14.6 Å². The number of thiazole rings is 1. The average molecular weight is 545 g/mol. The van der Waals surface area contributed by atoms with E-state index in [-0.39, 0.29) is 5.95 Å². The van der Waals surface area contributed by atoms with Gasteiger partial charge in [-0.1, -0.05) is 6.07 Å². The van der Waals surface area contributed by atoms with Crippen LogP contribution in [0.25, 0.3) is 17.1 Å². The molecule has 196 valence electrons. The molecule has 11 nitrogen and oxygen atoms in total. The van der Waals surface area contributed by atoms with E-state index < -0.39 is 21.4 Å². The lowest BCUT2D eigenvalue weighted by molar-refractivity contribution is 0.175. The molecule has 0 bridgehead atoms. The molecule has 0 radical (unpaired) electrons. The molecule has 0 aliphatic carbocycles. The number of aliphatic hydroxyl groups excluding tert-OH is 1. The molecular formula is C24H28N6O5S2. The Labute approximate surface area is 219 Å². The number of ether oxygens (including phenoxy) is 2. The van der Waals surface area contributed by atoms with Gasteiger partial charge in [-0.05, 0) is 51.5 Å². The minimum absolute atomic E-state index is 0.107. The van der Waals surface area contributed by atoms with Crippen molar-refractivity contribution in [2.24, 2.45) is 0 Å². The van der Waals surface area contributed by atoms with Crippen molar-refractivity contribution >= 4 is 27.3 Å². The first kappa shape index (κ1) is 26.5. The molecule has 37 heavy (non-hydrogen) atoms. The van der Waals surface area contributed by atoms with Gasteiger partial charge in [0, 0.05) is 22.8 Å². The van der Waals surface area contributed by atoms with E-state index in [0.717, 1.165) is 16.1 Å². The number of rotatable bonds is 9. The second-order valence-corrected chi connectivity index (χ2v) is 11.7.